The molecule has 2 saturated heterocycles. The van der Waals surface area contributed by atoms with Crippen LogP contribution in [0.4, 0.5) is 5.82 Å². The molecule has 2 fully saturated rings. The van der Waals surface area contributed by atoms with Crippen molar-refractivity contribution < 1.29 is 14.9 Å². The van der Waals surface area contributed by atoms with Crippen molar-refractivity contribution in [1.82, 2.24) is 19.5 Å². The number of rotatable bonds is 2. The summed E-state index contributed by atoms with van der Waals surface area (Å²) in [5.74, 6) is 1.22. The summed E-state index contributed by atoms with van der Waals surface area (Å²) >= 11 is 1.71. The molecule has 0 aliphatic carbocycles. The number of nitrogens with zero attached hydrogens (tertiary/aromatic N) is 4. The lowest BCUT2D eigenvalue weighted by molar-refractivity contribution is -0.0322. The van der Waals surface area contributed by atoms with Gasteiger partial charge in [0.2, 0.25) is 0 Å². The van der Waals surface area contributed by atoms with E-state index in [9.17, 15) is 10.2 Å². The molecule has 0 aromatic carbocycles. The number of hydrogen-bond acceptors (Lipinski definition) is 8. The van der Waals surface area contributed by atoms with E-state index in [1.807, 2.05) is 0 Å². The van der Waals surface area contributed by atoms with E-state index in [0.717, 1.165) is 5.75 Å². The molecule has 0 radical (unpaired) electrons. The first-order chi connectivity index (χ1) is 9.66. The summed E-state index contributed by atoms with van der Waals surface area (Å²) < 4.78 is 7.39. The van der Waals surface area contributed by atoms with E-state index < -0.39 is 18.4 Å². The van der Waals surface area contributed by atoms with E-state index in [1.54, 1.807) is 16.3 Å². The average molecular weight is 295 g/mol. The molecule has 8 nitrogen and oxygen atoms in total. The van der Waals surface area contributed by atoms with Crippen LogP contribution in [0.1, 0.15) is 6.23 Å². The SMILES string of the molecule is Nc1ncnc2c1ncn2C1O[C@H]([C@H]2CS2)[C@@H](O)[C@H]1O. The molecule has 0 spiro atoms. The first-order valence-electron chi connectivity index (χ1n) is 6.23. The summed E-state index contributed by atoms with van der Waals surface area (Å²) in [5, 5.41) is 20.5. The molecule has 106 valence electrons. The Morgan fingerprint density at radius 2 is 2.10 bits per heavy atom. The minimum atomic E-state index is -1.02. The van der Waals surface area contributed by atoms with E-state index in [1.165, 1.54) is 12.7 Å². The molecule has 1 unspecified atom stereocenters. The lowest BCUT2D eigenvalue weighted by Gasteiger charge is -2.16. The Bertz CT molecular complexity index is 661. The van der Waals surface area contributed by atoms with Crippen LogP contribution >= 0.6 is 11.8 Å². The molecule has 0 amide bonds. The van der Waals surface area contributed by atoms with Gasteiger partial charge >= 0.3 is 0 Å². The number of nitrogens with two attached hydrogens (primary N) is 1. The van der Waals surface area contributed by atoms with Crippen molar-refractivity contribution in [3.8, 4) is 0 Å². The Labute approximate surface area is 118 Å². The van der Waals surface area contributed by atoms with Gasteiger partial charge in [0, 0.05) is 11.0 Å². The first kappa shape index (κ1) is 12.3. The maximum Gasteiger partial charge on any atom is 0.167 e. The lowest BCUT2D eigenvalue weighted by Crippen LogP contribution is -2.33. The number of anilines is 1. The molecule has 9 heteroatoms. The van der Waals surface area contributed by atoms with E-state index in [2.05, 4.69) is 15.0 Å². The molecule has 2 aromatic rings. The Morgan fingerprint density at radius 3 is 2.85 bits per heavy atom. The van der Waals surface area contributed by atoms with E-state index in [-0.39, 0.29) is 17.2 Å². The summed E-state index contributed by atoms with van der Waals surface area (Å²) in [6.45, 7) is 0. The van der Waals surface area contributed by atoms with Gasteiger partial charge in [-0.1, -0.05) is 0 Å². The zero-order chi connectivity index (χ0) is 13.9. The van der Waals surface area contributed by atoms with Gasteiger partial charge in [0.15, 0.2) is 17.7 Å². The second kappa shape index (κ2) is 4.29. The zero-order valence-electron chi connectivity index (χ0n) is 10.3. The van der Waals surface area contributed by atoms with Crippen molar-refractivity contribution in [1.29, 1.82) is 0 Å². The molecule has 4 heterocycles. The number of fused-ring (bicyclic) bond motifs is 1. The number of aliphatic hydroxyl groups excluding tert-OH is 2. The standard InChI is InChI=1S/C11H13N5O3S/c12-9-5-10(14-2-13-9)16(3-15-5)11-7(18)6(17)8(19-11)4-1-20-4/h2-4,6-8,11,17-18H,1H2,(H2,12,13,14)/t4-,6+,7-,8-,11?/m1/s1. The van der Waals surface area contributed by atoms with E-state index in [0.29, 0.717) is 11.2 Å². The number of aliphatic hydroxyl groups is 2. The van der Waals surface area contributed by atoms with Crippen LogP contribution in [0.15, 0.2) is 12.7 Å². The predicted octanol–water partition coefficient (Wildman–Crippen LogP) is -0.857. The van der Waals surface area contributed by atoms with Crippen LogP contribution < -0.4 is 5.73 Å². The van der Waals surface area contributed by atoms with Crippen molar-refractivity contribution in [2.75, 3.05) is 11.5 Å². The number of imidazole rings is 1. The third-order valence-electron chi connectivity index (χ3n) is 3.66. The highest BCUT2D eigenvalue weighted by molar-refractivity contribution is 8.06. The highest BCUT2D eigenvalue weighted by Gasteiger charge is 2.50. The van der Waals surface area contributed by atoms with Crippen LogP contribution in [0, 0.1) is 0 Å². The molecule has 2 aromatic heterocycles. The van der Waals surface area contributed by atoms with Crippen molar-refractivity contribution in [2.45, 2.75) is 29.8 Å². The van der Waals surface area contributed by atoms with Crippen LogP contribution in [0.2, 0.25) is 0 Å². The largest absolute Gasteiger partial charge is 0.387 e. The van der Waals surface area contributed by atoms with Gasteiger partial charge in [-0.2, -0.15) is 11.8 Å². The monoisotopic (exact) mass is 295 g/mol. The molecule has 0 bridgehead atoms. The van der Waals surface area contributed by atoms with Gasteiger partial charge in [-0.15, -0.1) is 0 Å². The number of ether oxygens (including phenoxy) is 1. The van der Waals surface area contributed by atoms with Crippen LogP contribution in [-0.4, -0.2) is 59.0 Å². The fourth-order valence-corrected chi connectivity index (χ4v) is 3.24. The Morgan fingerprint density at radius 1 is 1.30 bits per heavy atom. The van der Waals surface area contributed by atoms with Gasteiger partial charge in [0.05, 0.1) is 6.33 Å². The van der Waals surface area contributed by atoms with E-state index in [4.69, 9.17) is 10.5 Å². The number of hydrogen-bond donors (Lipinski definition) is 3. The predicted molar refractivity (Wildman–Crippen MR) is 71.9 cm³/mol. The Hall–Kier alpha value is -1.42. The summed E-state index contributed by atoms with van der Waals surface area (Å²) in [4.78, 5) is 12.1. The van der Waals surface area contributed by atoms with Crippen molar-refractivity contribution in [3.63, 3.8) is 0 Å². The van der Waals surface area contributed by atoms with Crippen LogP contribution in [0.5, 0.6) is 0 Å². The molecular formula is C11H13N5O3S. The maximum atomic E-state index is 10.2. The molecular weight excluding hydrogens is 282 g/mol. The Balaban J connectivity index is 1.74. The number of aromatic nitrogens is 4. The molecule has 0 saturated carbocycles. The highest BCUT2D eigenvalue weighted by Crippen LogP contribution is 2.43. The number of thioether (sulfide) groups is 1. The van der Waals surface area contributed by atoms with E-state index >= 15 is 0 Å². The lowest BCUT2D eigenvalue weighted by atomic mass is 10.1. The summed E-state index contributed by atoms with van der Waals surface area (Å²) in [5.41, 5.74) is 6.68. The number of nitrogen functional groups attached to an aromatic ring is 1. The van der Waals surface area contributed by atoms with Crippen molar-refractivity contribution >= 4 is 28.7 Å². The van der Waals surface area contributed by atoms with Crippen LogP contribution in [0.25, 0.3) is 11.2 Å². The van der Waals surface area contributed by atoms with Crippen LogP contribution in [0.3, 0.4) is 0 Å². The molecule has 2 aliphatic rings. The minimum Gasteiger partial charge on any atom is -0.387 e. The highest BCUT2D eigenvalue weighted by atomic mass is 32.2. The van der Waals surface area contributed by atoms with Crippen molar-refractivity contribution in [2.24, 2.45) is 0 Å². The smallest absolute Gasteiger partial charge is 0.167 e. The summed E-state index contributed by atoms with van der Waals surface area (Å²) in [6, 6.07) is 0. The van der Waals surface area contributed by atoms with Crippen LogP contribution in [-0.2, 0) is 4.74 Å². The zero-order valence-corrected chi connectivity index (χ0v) is 11.1. The van der Waals surface area contributed by atoms with Gasteiger partial charge in [-0.05, 0) is 0 Å². The second-order valence-corrected chi connectivity index (χ2v) is 6.20. The topological polar surface area (TPSA) is 119 Å². The fraction of sp³-hybridized carbons (Fsp3) is 0.545. The van der Waals surface area contributed by atoms with Crippen molar-refractivity contribution in [3.05, 3.63) is 12.7 Å². The maximum absolute atomic E-state index is 10.2. The molecule has 5 atom stereocenters. The third-order valence-corrected chi connectivity index (χ3v) is 4.65. The fourth-order valence-electron chi connectivity index (χ4n) is 2.52. The first-order valence-corrected chi connectivity index (χ1v) is 7.28. The van der Waals surface area contributed by atoms with Gasteiger partial charge in [0.1, 0.15) is 30.2 Å². The van der Waals surface area contributed by atoms with Gasteiger partial charge in [-0.3, -0.25) is 4.57 Å². The van der Waals surface area contributed by atoms with Gasteiger partial charge in [-0.25, -0.2) is 15.0 Å². The van der Waals surface area contributed by atoms with Gasteiger partial charge in [0.25, 0.3) is 0 Å². The quantitative estimate of drug-likeness (QED) is 0.612. The van der Waals surface area contributed by atoms with Gasteiger partial charge < -0.3 is 20.7 Å². The summed E-state index contributed by atoms with van der Waals surface area (Å²) in [6.07, 6.45) is -0.167. The molecule has 20 heavy (non-hydrogen) atoms. The molecule has 4 N–H and O–H groups in total. The third kappa shape index (κ3) is 1.71. The Kier molecular flexibility index (Phi) is 2.64. The average Bonchev–Trinajstić information content (AvgIpc) is 3.12. The molecule has 2 aliphatic heterocycles. The second-order valence-electron chi connectivity index (χ2n) is 4.93. The normalized spacial score (nSPS) is 36.6. The minimum absolute atomic E-state index is 0.249. The molecule has 4 rings (SSSR count). The summed E-state index contributed by atoms with van der Waals surface area (Å²) in [7, 11) is 0.